The van der Waals surface area contributed by atoms with Crippen LogP contribution < -0.4 is 15.0 Å². The number of hydrogen-bond donors (Lipinski definition) is 1. The molecule has 1 aliphatic rings. The molecule has 0 unspecified atom stereocenters. The maximum Gasteiger partial charge on any atom is 0.239 e. The molecule has 1 fully saturated rings. The van der Waals surface area contributed by atoms with E-state index in [0.29, 0.717) is 35.7 Å². The summed E-state index contributed by atoms with van der Waals surface area (Å²) in [4.78, 5) is 27.3. The molecule has 0 saturated carbocycles. The summed E-state index contributed by atoms with van der Waals surface area (Å²) in [5.41, 5.74) is 2.26. The van der Waals surface area contributed by atoms with Crippen molar-refractivity contribution in [2.75, 3.05) is 23.9 Å². The highest BCUT2D eigenvalue weighted by Crippen LogP contribution is 2.40. The third-order valence-electron chi connectivity index (χ3n) is 5.58. The number of fused-ring (bicyclic) bond motifs is 3. The Morgan fingerprint density at radius 1 is 1.10 bits per heavy atom. The van der Waals surface area contributed by atoms with Gasteiger partial charge in [-0.3, -0.25) is 9.59 Å². The lowest BCUT2D eigenvalue weighted by atomic mass is 10.1. The summed E-state index contributed by atoms with van der Waals surface area (Å²) < 4.78 is 24.9. The maximum absolute atomic E-state index is 13.4. The van der Waals surface area contributed by atoms with Gasteiger partial charge in [-0.2, -0.15) is 0 Å². The zero-order valence-corrected chi connectivity index (χ0v) is 16.7. The minimum absolute atomic E-state index is 0.317. The summed E-state index contributed by atoms with van der Waals surface area (Å²) in [6.07, 6.45) is 0.349. The van der Waals surface area contributed by atoms with Gasteiger partial charge in [0.05, 0.1) is 12.8 Å². The zero-order valence-electron chi connectivity index (χ0n) is 16.7. The zero-order chi connectivity index (χ0) is 21.5. The van der Waals surface area contributed by atoms with Crippen molar-refractivity contribution in [1.29, 1.82) is 0 Å². The van der Waals surface area contributed by atoms with Crippen LogP contribution in [-0.4, -0.2) is 25.5 Å². The lowest BCUT2D eigenvalue weighted by molar-refractivity contribution is -0.129. The van der Waals surface area contributed by atoms with Crippen molar-refractivity contribution < 1.29 is 23.1 Å². The molecule has 1 N–H and O–H groups in total. The summed E-state index contributed by atoms with van der Waals surface area (Å²) in [5.74, 6) is -1.58. The molecule has 156 valence electrons. The second-order valence-electron chi connectivity index (χ2n) is 7.45. The molecule has 1 saturated heterocycles. The second-order valence-corrected chi connectivity index (χ2v) is 7.45. The maximum atomic E-state index is 13.4. The van der Waals surface area contributed by atoms with E-state index in [2.05, 4.69) is 5.32 Å². The number of nitrogens with one attached hydrogen (secondary N) is 1. The first-order valence-corrected chi connectivity index (χ1v) is 9.92. The second kappa shape index (κ2) is 7.43. The number of methoxy groups -OCH3 is 1. The molecule has 1 aliphatic heterocycles. The fraction of sp³-hybridized carbons (Fsp3) is 0.167. The molecule has 4 aromatic rings. The van der Waals surface area contributed by atoms with Gasteiger partial charge in [0, 0.05) is 29.1 Å². The first kappa shape index (κ1) is 19.1. The van der Waals surface area contributed by atoms with Crippen LogP contribution in [0.25, 0.3) is 21.9 Å². The van der Waals surface area contributed by atoms with Crippen molar-refractivity contribution in [2.45, 2.75) is 6.42 Å². The predicted octanol–water partition coefficient (Wildman–Crippen LogP) is 4.73. The first-order chi connectivity index (χ1) is 15.0. The number of halogens is 1. The summed E-state index contributed by atoms with van der Waals surface area (Å²) in [5, 5.41) is 4.48. The highest BCUT2D eigenvalue weighted by Gasteiger charge is 2.39. The normalized spacial score (nSPS) is 16.3. The number of carbonyl (C=O) groups excluding carboxylic acids is 2. The van der Waals surface area contributed by atoms with Gasteiger partial charge in [-0.1, -0.05) is 24.3 Å². The predicted molar refractivity (Wildman–Crippen MR) is 116 cm³/mol. The van der Waals surface area contributed by atoms with Crippen LogP contribution in [0.2, 0.25) is 0 Å². The molecule has 1 atom stereocenters. The molecule has 6 nitrogen and oxygen atoms in total. The number of furan rings is 1. The Morgan fingerprint density at radius 3 is 2.74 bits per heavy atom. The Labute approximate surface area is 177 Å². The molecule has 0 spiro atoms. The number of anilines is 2. The van der Waals surface area contributed by atoms with Gasteiger partial charge in [-0.25, -0.2) is 4.39 Å². The van der Waals surface area contributed by atoms with E-state index in [1.807, 2.05) is 30.3 Å². The minimum Gasteiger partial charge on any atom is -0.495 e. The van der Waals surface area contributed by atoms with E-state index in [0.717, 1.165) is 16.4 Å². The van der Waals surface area contributed by atoms with Gasteiger partial charge in [0.2, 0.25) is 11.8 Å². The van der Waals surface area contributed by atoms with Gasteiger partial charge in [0.15, 0.2) is 0 Å². The van der Waals surface area contributed by atoms with Gasteiger partial charge in [0.25, 0.3) is 0 Å². The van der Waals surface area contributed by atoms with Crippen LogP contribution in [-0.2, 0) is 9.59 Å². The number of benzene rings is 3. The molecule has 5 rings (SSSR count). The van der Waals surface area contributed by atoms with Crippen LogP contribution in [0.15, 0.2) is 65.1 Å². The van der Waals surface area contributed by atoms with Gasteiger partial charge in [0.1, 0.15) is 28.7 Å². The largest absolute Gasteiger partial charge is 0.495 e. The van der Waals surface area contributed by atoms with E-state index in [9.17, 15) is 14.0 Å². The molecule has 0 radical (unpaired) electrons. The number of amides is 2. The van der Waals surface area contributed by atoms with E-state index in [1.165, 1.54) is 18.2 Å². The molecule has 2 heterocycles. The number of ether oxygens (including phenoxy) is 1. The SMILES string of the molecule is COc1cc2c(cc1N1CC[C@H](C(=O)Nc3cccc(F)c3)C1=O)oc1ccccc12. The molecular weight excluding hydrogens is 399 g/mol. The van der Waals surface area contributed by atoms with E-state index in [-0.39, 0.29) is 5.91 Å². The topological polar surface area (TPSA) is 71.8 Å². The molecular formula is C24H19FN2O4. The highest BCUT2D eigenvalue weighted by atomic mass is 19.1. The molecule has 0 bridgehead atoms. The van der Waals surface area contributed by atoms with Gasteiger partial charge >= 0.3 is 0 Å². The smallest absolute Gasteiger partial charge is 0.239 e. The quantitative estimate of drug-likeness (QED) is 0.487. The van der Waals surface area contributed by atoms with Crippen LogP contribution in [0.3, 0.4) is 0 Å². The van der Waals surface area contributed by atoms with Crippen molar-refractivity contribution in [2.24, 2.45) is 5.92 Å². The monoisotopic (exact) mass is 418 g/mol. The molecule has 31 heavy (non-hydrogen) atoms. The van der Waals surface area contributed by atoms with Crippen molar-refractivity contribution >= 4 is 45.1 Å². The fourth-order valence-electron chi connectivity index (χ4n) is 4.07. The lowest BCUT2D eigenvalue weighted by Crippen LogP contribution is -2.33. The summed E-state index contributed by atoms with van der Waals surface area (Å²) >= 11 is 0. The number of hydrogen-bond acceptors (Lipinski definition) is 4. The average Bonchev–Trinajstić information content (AvgIpc) is 3.32. The van der Waals surface area contributed by atoms with Crippen molar-refractivity contribution in [3.8, 4) is 5.75 Å². The Morgan fingerprint density at radius 2 is 1.94 bits per heavy atom. The van der Waals surface area contributed by atoms with Crippen LogP contribution in [0.4, 0.5) is 15.8 Å². The van der Waals surface area contributed by atoms with Gasteiger partial charge < -0.3 is 19.4 Å². The van der Waals surface area contributed by atoms with Crippen molar-refractivity contribution in [1.82, 2.24) is 0 Å². The standard InChI is InChI=1S/C24H19FN2O4/c1-30-22-12-18-16-7-2-3-8-20(16)31-21(18)13-19(22)27-10-9-17(24(27)29)23(28)26-15-6-4-5-14(25)11-15/h2-8,11-13,17H,9-10H2,1H3,(H,26,28)/t17-/m1/s1. The van der Waals surface area contributed by atoms with E-state index in [1.54, 1.807) is 24.1 Å². The number of rotatable bonds is 4. The van der Waals surface area contributed by atoms with Gasteiger partial charge in [-0.05, 0) is 36.8 Å². The lowest BCUT2D eigenvalue weighted by Gasteiger charge is -2.19. The minimum atomic E-state index is -0.862. The first-order valence-electron chi connectivity index (χ1n) is 9.92. The third-order valence-corrected chi connectivity index (χ3v) is 5.58. The summed E-state index contributed by atoms with van der Waals surface area (Å²) in [7, 11) is 1.54. The van der Waals surface area contributed by atoms with Crippen LogP contribution in [0.5, 0.6) is 5.75 Å². The highest BCUT2D eigenvalue weighted by molar-refractivity contribution is 6.15. The third kappa shape index (κ3) is 3.28. The van der Waals surface area contributed by atoms with Crippen LogP contribution >= 0.6 is 0 Å². The van der Waals surface area contributed by atoms with Crippen LogP contribution in [0, 0.1) is 11.7 Å². The fourth-order valence-corrected chi connectivity index (χ4v) is 4.07. The summed E-state index contributed by atoms with van der Waals surface area (Å²) in [6.45, 7) is 0.363. The van der Waals surface area contributed by atoms with E-state index < -0.39 is 17.6 Å². The molecule has 0 aliphatic carbocycles. The van der Waals surface area contributed by atoms with Gasteiger partial charge in [-0.15, -0.1) is 0 Å². The van der Waals surface area contributed by atoms with Crippen LogP contribution in [0.1, 0.15) is 6.42 Å². The van der Waals surface area contributed by atoms with Crippen molar-refractivity contribution in [3.05, 3.63) is 66.5 Å². The Hall–Kier alpha value is -3.87. The van der Waals surface area contributed by atoms with Crippen molar-refractivity contribution in [3.63, 3.8) is 0 Å². The Bertz CT molecular complexity index is 1330. The average molecular weight is 418 g/mol. The summed E-state index contributed by atoms with van der Waals surface area (Å²) in [6, 6.07) is 16.9. The Kier molecular flexibility index (Phi) is 4.58. The molecule has 3 aromatic carbocycles. The van der Waals surface area contributed by atoms with E-state index in [4.69, 9.17) is 9.15 Å². The Balaban J connectivity index is 1.45. The van der Waals surface area contributed by atoms with E-state index >= 15 is 0 Å². The number of nitrogens with zero attached hydrogens (tertiary/aromatic N) is 1. The molecule has 1 aromatic heterocycles. The molecule has 7 heteroatoms. The number of carbonyl (C=O) groups is 2. The molecule has 2 amide bonds. The number of para-hydroxylation sites is 1.